The lowest BCUT2D eigenvalue weighted by Crippen LogP contribution is -2.63. The van der Waals surface area contributed by atoms with Gasteiger partial charge in [-0.1, -0.05) is 0 Å². The SMILES string of the molecule is O=C(O)CCNC(=O)C(F)(F)C(F)(F)C(F)(F)C(F)F. The topological polar surface area (TPSA) is 66.4 Å². The van der Waals surface area contributed by atoms with E-state index in [-0.39, 0.29) is 0 Å². The molecule has 0 aromatic heterocycles. The molecule has 0 saturated heterocycles. The van der Waals surface area contributed by atoms with Crippen LogP contribution < -0.4 is 5.32 Å². The highest BCUT2D eigenvalue weighted by molar-refractivity contribution is 5.85. The average molecular weight is 317 g/mol. The molecule has 1 amide bonds. The van der Waals surface area contributed by atoms with Gasteiger partial charge in [-0.05, 0) is 0 Å². The van der Waals surface area contributed by atoms with Gasteiger partial charge in [0.05, 0.1) is 6.42 Å². The predicted molar refractivity (Wildman–Crippen MR) is 46.1 cm³/mol. The fourth-order valence-corrected chi connectivity index (χ4v) is 0.883. The van der Waals surface area contributed by atoms with Crippen molar-refractivity contribution in [1.29, 1.82) is 0 Å². The summed E-state index contributed by atoms with van der Waals surface area (Å²) in [5, 5.41) is 9.03. The number of nitrogens with one attached hydrogen (secondary N) is 1. The van der Waals surface area contributed by atoms with Gasteiger partial charge in [-0.25, -0.2) is 8.78 Å². The monoisotopic (exact) mass is 317 g/mol. The van der Waals surface area contributed by atoms with Crippen molar-refractivity contribution in [2.24, 2.45) is 0 Å². The second-order valence-electron chi connectivity index (χ2n) is 3.47. The molecule has 0 fully saturated rings. The lowest BCUT2D eigenvalue weighted by Gasteiger charge is -2.31. The minimum absolute atomic E-state index is 0.943. The quantitative estimate of drug-likeness (QED) is 0.703. The van der Waals surface area contributed by atoms with E-state index in [9.17, 15) is 44.7 Å². The Hall–Kier alpha value is -1.62. The number of carbonyl (C=O) groups excluding carboxylic acids is 1. The third-order valence-electron chi connectivity index (χ3n) is 2.00. The molecular weight excluding hydrogens is 310 g/mol. The molecule has 12 heteroatoms. The Morgan fingerprint density at radius 3 is 1.85 bits per heavy atom. The van der Waals surface area contributed by atoms with Crippen molar-refractivity contribution in [1.82, 2.24) is 5.32 Å². The van der Waals surface area contributed by atoms with E-state index in [2.05, 4.69) is 0 Å². The van der Waals surface area contributed by atoms with Crippen LogP contribution in [0.25, 0.3) is 0 Å². The number of carboxylic acid groups (broad SMARTS) is 1. The number of carboxylic acids is 1. The number of amides is 1. The van der Waals surface area contributed by atoms with Crippen LogP contribution in [0.4, 0.5) is 35.1 Å². The molecule has 4 nitrogen and oxygen atoms in total. The Morgan fingerprint density at radius 1 is 1.05 bits per heavy atom. The molecule has 118 valence electrons. The second kappa shape index (κ2) is 5.79. The van der Waals surface area contributed by atoms with E-state index in [0.29, 0.717) is 0 Å². The number of alkyl halides is 8. The molecule has 0 spiro atoms. The molecule has 0 heterocycles. The van der Waals surface area contributed by atoms with Gasteiger partial charge >= 0.3 is 30.2 Å². The van der Waals surface area contributed by atoms with E-state index in [1.54, 1.807) is 0 Å². The zero-order valence-corrected chi connectivity index (χ0v) is 9.28. The molecule has 0 aliphatic rings. The van der Waals surface area contributed by atoms with E-state index < -0.39 is 49.0 Å². The molecule has 20 heavy (non-hydrogen) atoms. The predicted octanol–water partition coefficient (Wildman–Crippen LogP) is 1.75. The molecule has 2 N–H and O–H groups in total. The maximum atomic E-state index is 12.9. The summed E-state index contributed by atoms with van der Waals surface area (Å²) in [5.74, 6) is -23.8. The number of rotatable bonds is 7. The summed E-state index contributed by atoms with van der Waals surface area (Å²) in [4.78, 5) is 20.6. The van der Waals surface area contributed by atoms with Crippen LogP contribution in [-0.2, 0) is 9.59 Å². The van der Waals surface area contributed by atoms with Crippen molar-refractivity contribution in [3.63, 3.8) is 0 Å². The summed E-state index contributed by atoms with van der Waals surface area (Å²) >= 11 is 0. The first-order chi connectivity index (χ1) is 8.78. The molecule has 0 saturated carbocycles. The Kier molecular flexibility index (Phi) is 5.32. The summed E-state index contributed by atoms with van der Waals surface area (Å²) in [5.41, 5.74) is 0. The van der Waals surface area contributed by atoms with Crippen molar-refractivity contribution in [2.45, 2.75) is 30.6 Å². The molecule has 0 rings (SSSR count). The normalized spacial score (nSPS) is 13.4. The number of carbonyl (C=O) groups is 2. The summed E-state index contributed by atoms with van der Waals surface area (Å²) < 4.78 is 99.3. The second-order valence-corrected chi connectivity index (χ2v) is 3.47. The van der Waals surface area contributed by atoms with Gasteiger partial charge in [0.15, 0.2) is 0 Å². The third kappa shape index (κ3) is 3.28. The Bertz CT molecular complexity index is 384. The lowest BCUT2D eigenvalue weighted by atomic mass is 10.0. The molecule has 0 bridgehead atoms. The fourth-order valence-electron chi connectivity index (χ4n) is 0.883. The van der Waals surface area contributed by atoms with Crippen molar-refractivity contribution in [3.05, 3.63) is 0 Å². The van der Waals surface area contributed by atoms with Crippen molar-refractivity contribution in [2.75, 3.05) is 6.54 Å². The van der Waals surface area contributed by atoms with Crippen LogP contribution in [0.3, 0.4) is 0 Å². The first kappa shape index (κ1) is 18.4. The number of halogens is 8. The highest BCUT2D eigenvalue weighted by Gasteiger charge is 2.78. The molecule has 0 aliphatic heterocycles. The van der Waals surface area contributed by atoms with Crippen molar-refractivity contribution >= 4 is 11.9 Å². The van der Waals surface area contributed by atoms with Gasteiger partial charge in [-0.2, -0.15) is 26.3 Å². The first-order valence-electron chi connectivity index (χ1n) is 4.70. The zero-order valence-electron chi connectivity index (χ0n) is 9.28. The number of hydrogen-bond donors (Lipinski definition) is 2. The van der Waals surface area contributed by atoms with Crippen LogP contribution in [0, 0.1) is 0 Å². The Labute approximate surface area is 105 Å². The van der Waals surface area contributed by atoms with Gasteiger partial charge in [0, 0.05) is 6.54 Å². The van der Waals surface area contributed by atoms with Crippen LogP contribution in [0.15, 0.2) is 0 Å². The molecule has 0 radical (unpaired) electrons. The highest BCUT2D eigenvalue weighted by Crippen LogP contribution is 2.48. The maximum absolute atomic E-state index is 12.9. The van der Waals surface area contributed by atoms with Crippen LogP contribution in [0.5, 0.6) is 0 Å². The summed E-state index contributed by atoms with van der Waals surface area (Å²) in [6.07, 6.45) is -6.09. The molecule has 0 aromatic rings. The van der Waals surface area contributed by atoms with E-state index in [0.717, 1.165) is 5.32 Å². The number of hydrogen-bond acceptors (Lipinski definition) is 2. The fraction of sp³-hybridized carbons (Fsp3) is 0.750. The van der Waals surface area contributed by atoms with Gasteiger partial charge in [0.1, 0.15) is 0 Å². The van der Waals surface area contributed by atoms with Crippen LogP contribution in [0.1, 0.15) is 6.42 Å². The zero-order chi connectivity index (χ0) is 16.4. The van der Waals surface area contributed by atoms with E-state index in [1.807, 2.05) is 0 Å². The van der Waals surface area contributed by atoms with Gasteiger partial charge < -0.3 is 10.4 Å². The summed E-state index contributed by atoms with van der Waals surface area (Å²) in [6.45, 7) is -1.07. The first-order valence-corrected chi connectivity index (χ1v) is 4.70. The van der Waals surface area contributed by atoms with E-state index in [1.165, 1.54) is 0 Å². The maximum Gasteiger partial charge on any atom is 0.392 e. The number of aliphatic carboxylic acids is 1. The van der Waals surface area contributed by atoms with Gasteiger partial charge in [-0.3, -0.25) is 9.59 Å². The molecule has 0 atom stereocenters. The molecular formula is C8H7F8NO3. The van der Waals surface area contributed by atoms with Crippen LogP contribution >= 0.6 is 0 Å². The van der Waals surface area contributed by atoms with Crippen LogP contribution in [-0.4, -0.2) is 47.7 Å². The highest BCUT2D eigenvalue weighted by atomic mass is 19.4. The third-order valence-corrected chi connectivity index (χ3v) is 2.00. The molecule has 0 aliphatic carbocycles. The molecule has 0 unspecified atom stereocenters. The largest absolute Gasteiger partial charge is 0.481 e. The Balaban J connectivity index is 5.10. The van der Waals surface area contributed by atoms with E-state index >= 15 is 0 Å². The lowest BCUT2D eigenvalue weighted by molar-refractivity contribution is -0.327. The standard InChI is InChI=1S/C8H7F8NO3/c9-4(10)6(11,12)8(15,16)7(13,14)5(20)17-2-1-3(18)19/h4H,1-2H2,(H,17,20)(H,18,19). The average Bonchev–Trinajstić information content (AvgIpc) is 2.27. The molecule has 0 aromatic carbocycles. The van der Waals surface area contributed by atoms with Crippen molar-refractivity contribution < 1.29 is 49.8 Å². The van der Waals surface area contributed by atoms with E-state index in [4.69, 9.17) is 5.11 Å². The Morgan fingerprint density at radius 2 is 1.50 bits per heavy atom. The summed E-state index contributed by atoms with van der Waals surface area (Å²) in [6, 6.07) is 0. The van der Waals surface area contributed by atoms with Gasteiger partial charge in [0.2, 0.25) is 0 Å². The van der Waals surface area contributed by atoms with Gasteiger partial charge in [-0.15, -0.1) is 0 Å². The smallest absolute Gasteiger partial charge is 0.392 e. The van der Waals surface area contributed by atoms with Crippen LogP contribution in [0.2, 0.25) is 0 Å². The minimum atomic E-state index is -6.65. The minimum Gasteiger partial charge on any atom is -0.481 e. The van der Waals surface area contributed by atoms with Gasteiger partial charge in [0.25, 0.3) is 5.91 Å². The van der Waals surface area contributed by atoms with Crippen molar-refractivity contribution in [3.8, 4) is 0 Å². The summed E-state index contributed by atoms with van der Waals surface area (Å²) in [7, 11) is 0.